The van der Waals surface area contributed by atoms with E-state index in [4.69, 9.17) is 4.42 Å². The summed E-state index contributed by atoms with van der Waals surface area (Å²) in [6.07, 6.45) is 0. The fraction of sp³-hybridized carbons (Fsp3) is 0. The highest BCUT2D eigenvalue weighted by Gasteiger charge is 2.21. The molecule has 0 atom stereocenters. The van der Waals surface area contributed by atoms with E-state index < -0.39 is 0 Å². The van der Waals surface area contributed by atoms with Crippen LogP contribution in [-0.2, 0) is 0 Å². The molecule has 9 aromatic carbocycles. The van der Waals surface area contributed by atoms with Gasteiger partial charge in [0.1, 0.15) is 11.3 Å². The Hall–Kier alpha value is -6.68. The van der Waals surface area contributed by atoms with Gasteiger partial charge in [-0.2, -0.15) is 0 Å². The highest BCUT2D eigenvalue weighted by molar-refractivity contribution is 7.26. The zero-order chi connectivity index (χ0) is 34.9. The van der Waals surface area contributed by atoms with Crippen LogP contribution >= 0.6 is 11.3 Å². The van der Waals surface area contributed by atoms with Crippen LogP contribution in [0.15, 0.2) is 192 Å². The van der Waals surface area contributed by atoms with Crippen LogP contribution in [-0.4, -0.2) is 0 Å². The van der Waals surface area contributed by atoms with Crippen molar-refractivity contribution in [2.24, 2.45) is 0 Å². The Balaban J connectivity index is 1.15. The average Bonchev–Trinajstić information content (AvgIpc) is 3.81. The summed E-state index contributed by atoms with van der Waals surface area (Å²) in [6.45, 7) is 0. The maximum Gasteiger partial charge on any atom is 0.143 e. The van der Waals surface area contributed by atoms with Gasteiger partial charge in [-0.15, -0.1) is 11.3 Å². The number of thiophene rings is 1. The van der Waals surface area contributed by atoms with Crippen LogP contribution in [0.25, 0.3) is 85.9 Å². The normalized spacial score (nSPS) is 11.8. The van der Waals surface area contributed by atoms with E-state index in [9.17, 15) is 0 Å². The number of nitrogens with zero attached hydrogens (tertiary/aromatic N) is 1. The van der Waals surface area contributed by atoms with Crippen molar-refractivity contribution in [1.29, 1.82) is 0 Å². The van der Waals surface area contributed by atoms with E-state index in [1.54, 1.807) is 0 Å². The van der Waals surface area contributed by atoms with Gasteiger partial charge in [0.25, 0.3) is 0 Å². The zero-order valence-corrected chi connectivity index (χ0v) is 29.5. The number of para-hydroxylation sites is 1. The summed E-state index contributed by atoms with van der Waals surface area (Å²) in [5, 5.41) is 11.3. The lowest BCUT2D eigenvalue weighted by Gasteiger charge is -2.27. The number of hydrogen-bond acceptors (Lipinski definition) is 3. The third kappa shape index (κ3) is 4.71. The van der Waals surface area contributed by atoms with Gasteiger partial charge in [-0.3, -0.25) is 0 Å². The van der Waals surface area contributed by atoms with Crippen LogP contribution in [0.2, 0.25) is 0 Å². The molecule has 0 N–H and O–H groups in total. The fourth-order valence-corrected chi connectivity index (χ4v) is 9.48. The lowest BCUT2D eigenvalue weighted by atomic mass is 9.94. The standard InChI is InChI=1S/C50H31NOS/c1-2-13-33(14-3-1)49-48(43-20-8-10-23-46(43)52-49)32-25-27-34(28-26-32)51(45-22-12-21-42-41-19-9-11-24-47(41)53-50(42)45)35-29-30-40-38-17-5-4-15-36(38)37-16-6-7-18-39(37)44(40)31-35/h1-31H. The third-order valence-electron chi connectivity index (χ3n) is 10.7. The highest BCUT2D eigenvalue weighted by Crippen LogP contribution is 2.47. The Bertz CT molecular complexity index is 3140. The maximum atomic E-state index is 6.53. The van der Waals surface area contributed by atoms with E-state index in [1.807, 2.05) is 23.5 Å². The van der Waals surface area contributed by atoms with Crippen molar-refractivity contribution in [2.45, 2.75) is 0 Å². The molecular weight excluding hydrogens is 663 g/mol. The van der Waals surface area contributed by atoms with Gasteiger partial charge in [-0.25, -0.2) is 0 Å². The number of rotatable bonds is 5. The first-order chi connectivity index (χ1) is 26.3. The van der Waals surface area contributed by atoms with E-state index in [0.717, 1.165) is 44.8 Å². The number of hydrogen-bond donors (Lipinski definition) is 0. The van der Waals surface area contributed by atoms with Crippen molar-refractivity contribution in [3.63, 3.8) is 0 Å². The molecule has 248 valence electrons. The first-order valence-corrected chi connectivity index (χ1v) is 18.8. The minimum atomic E-state index is 0.888. The molecule has 0 aliphatic rings. The molecule has 0 amide bonds. The Kier molecular flexibility index (Phi) is 6.76. The van der Waals surface area contributed by atoms with Gasteiger partial charge in [-0.05, 0) is 80.3 Å². The fourth-order valence-electron chi connectivity index (χ4n) is 8.27. The van der Waals surface area contributed by atoms with Gasteiger partial charge < -0.3 is 9.32 Å². The van der Waals surface area contributed by atoms with Crippen molar-refractivity contribution in [3.8, 4) is 22.5 Å². The topological polar surface area (TPSA) is 16.4 Å². The molecule has 0 bridgehead atoms. The predicted molar refractivity (Wildman–Crippen MR) is 227 cm³/mol. The third-order valence-corrected chi connectivity index (χ3v) is 11.9. The predicted octanol–water partition coefficient (Wildman–Crippen LogP) is 15.1. The number of fused-ring (bicyclic) bond motifs is 10. The van der Waals surface area contributed by atoms with Crippen molar-refractivity contribution >= 4 is 91.9 Å². The molecule has 0 aliphatic carbocycles. The van der Waals surface area contributed by atoms with Gasteiger partial charge in [0.15, 0.2) is 0 Å². The van der Waals surface area contributed by atoms with Crippen LogP contribution < -0.4 is 4.90 Å². The second kappa shape index (κ2) is 11.9. The largest absolute Gasteiger partial charge is 0.455 e. The number of anilines is 3. The molecule has 11 rings (SSSR count). The molecule has 0 unspecified atom stereocenters. The quantitative estimate of drug-likeness (QED) is 0.167. The van der Waals surface area contributed by atoms with E-state index in [1.165, 1.54) is 58.2 Å². The lowest BCUT2D eigenvalue weighted by Crippen LogP contribution is -2.10. The van der Waals surface area contributed by atoms with Crippen LogP contribution in [0.1, 0.15) is 0 Å². The molecule has 0 saturated heterocycles. The molecule has 0 radical (unpaired) electrons. The number of furan rings is 1. The molecule has 2 aromatic heterocycles. The molecular formula is C50H31NOS. The second-order valence-electron chi connectivity index (χ2n) is 13.6. The first kappa shape index (κ1) is 30.0. The Morgan fingerprint density at radius 1 is 0.377 bits per heavy atom. The van der Waals surface area contributed by atoms with Crippen molar-refractivity contribution in [3.05, 3.63) is 188 Å². The summed E-state index contributed by atoms with van der Waals surface area (Å²) in [4.78, 5) is 2.44. The maximum absolute atomic E-state index is 6.53. The van der Waals surface area contributed by atoms with Gasteiger partial charge >= 0.3 is 0 Å². The summed E-state index contributed by atoms with van der Waals surface area (Å²) in [7, 11) is 0. The minimum Gasteiger partial charge on any atom is -0.455 e. The summed E-state index contributed by atoms with van der Waals surface area (Å²) in [5.41, 5.74) is 7.57. The molecule has 53 heavy (non-hydrogen) atoms. The second-order valence-corrected chi connectivity index (χ2v) is 14.7. The monoisotopic (exact) mass is 693 g/mol. The van der Waals surface area contributed by atoms with Crippen LogP contribution in [0, 0.1) is 0 Å². The van der Waals surface area contributed by atoms with Gasteiger partial charge in [-0.1, -0.05) is 146 Å². The molecule has 0 aliphatic heterocycles. The molecule has 11 aromatic rings. The highest BCUT2D eigenvalue weighted by atomic mass is 32.1. The molecule has 2 heterocycles. The van der Waals surface area contributed by atoms with Crippen LogP contribution in [0.5, 0.6) is 0 Å². The Morgan fingerprint density at radius 3 is 1.68 bits per heavy atom. The summed E-state index contributed by atoms with van der Waals surface area (Å²) in [6, 6.07) is 67.9. The number of benzene rings is 9. The van der Waals surface area contributed by atoms with Crippen molar-refractivity contribution in [1.82, 2.24) is 0 Å². The minimum absolute atomic E-state index is 0.888. The van der Waals surface area contributed by atoms with E-state index in [-0.39, 0.29) is 0 Å². The average molecular weight is 694 g/mol. The van der Waals surface area contributed by atoms with Crippen LogP contribution in [0.3, 0.4) is 0 Å². The first-order valence-electron chi connectivity index (χ1n) is 18.0. The smallest absolute Gasteiger partial charge is 0.143 e. The van der Waals surface area contributed by atoms with Crippen molar-refractivity contribution < 1.29 is 4.42 Å². The van der Waals surface area contributed by atoms with E-state index >= 15 is 0 Å². The molecule has 3 heteroatoms. The Labute approximate surface area is 310 Å². The molecule has 0 saturated carbocycles. The molecule has 0 spiro atoms. The molecule has 2 nitrogen and oxygen atoms in total. The van der Waals surface area contributed by atoms with Crippen LogP contribution in [0.4, 0.5) is 17.1 Å². The molecule has 0 fully saturated rings. The lowest BCUT2D eigenvalue weighted by molar-refractivity contribution is 0.632. The Morgan fingerprint density at radius 2 is 0.943 bits per heavy atom. The zero-order valence-electron chi connectivity index (χ0n) is 28.7. The van der Waals surface area contributed by atoms with E-state index in [0.29, 0.717) is 0 Å². The van der Waals surface area contributed by atoms with Gasteiger partial charge in [0.2, 0.25) is 0 Å². The van der Waals surface area contributed by atoms with Gasteiger partial charge in [0.05, 0.1) is 10.4 Å². The van der Waals surface area contributed by atoms with Gasteiger partial charge in [0, 0.05) is 43.4 Å². The summed E-state index contributed by atoms with van der Waals surface area (Å²) < 4.78 is 9.10. The van der Waals surface area contributed by atoms with E-state index in [2.05, 4.69) is 181 Å². The summed E-state index contributed by atoms with van der Waals surface area (Å²) >= 11 is 1.86. The summed E-state index contributed by atoms with van der Waals surface area (Å²) in [5.74, 6) is 0.889. The SMILES string of the molecule is c1ccc(-c2oc3ccccc3c2-c2ccc(N(c3ccc4c5ccccc5c5ccccc5c4c3)c3cccc4c3sc3ccccc34)cc2)cc1. The van der Waals surface area contributed by atoms with Crippen molar-refractivity contribution in [2.75, 3.05) is 4.90 Å².